The molecule has 8 N–H and O–H groups in total. The Labute approximate surface area is 303 Å². The third-order valence-electron chi connectivity index (χ3n) is 9.78. The summed E-state index contributed by atoms with van der Waals surface area (Å²) in [7, 11) is 0. The number of phenols is 1. The van der Waals surface area contributed by atoms with Crippen LogP contribution in [0.4, 0.5) is 0 Å². The maximum atomic E-state index is 12.4. The zero-order valence-electron chi connectivity index (χ0n) is 28.6. The monoisotopic (exact) mass is 733 g/mol. The fourth-order valence-corrected chi connectivity index (χ4v) is 7.01. The molecule has 2 aromatic carbocycles. The molecule has 7 rings (SSSR count). The minimum atomic E-state index is -2.49. The number of aliphatic carboxylic acids is 1. The first-order valence-electron chi connectivity index (χ1n) is 17.4. The van der Waals surface area contributed by atoms with E-state index in [9.17, 15) is 35.4 Å². The lowest BCUT2D eigenvalue weighted by molar-refractivity contribution is -0.303. The van der Waals surface area contributed by atoms with Gasteiger partial charge in [0.1, 0.15) is 53.1 Å². The van der Waals surface area contributed by atoms with Crippen molar-refractivity contribution in [2.45, 2.75) is 87.4 Å². The van der Waals surface area contributed by atoms with E-state index in [4.69, 9.17) is 29.1 Å². The van der Waals surface area contributed by atoms with E-state index in [1.807, 2.05) is 6.08 Å². The van der Waals surface area contributed by atoms with E-state index in [-0.39, 0.29) is 46.9 Å². The third kappa shape index (κ3) is 7.48. The molecule has 1 saturated carbocycles. The van der Waals surface area contributed by atoms with Gasteiger partial charge < -0.3 is 54.3 Å². The van der Waals surface area contributed by atoms with Gasteiger partial charge >= 0.3 is 11.8 Å². The van der Waals surface area contributed by atoms with E-state index in [1.54, 1.807) is 30.3 Å². The van der Waals surface area contributed by atoms with Crippen molar-refractivity contribution in [1.29, 1.82) is 0 Å². The highest BCUT2D eigenvalue weighted by Crippen LogP contribution is 2.52. The molecule has 1 saturated heterocycles. The topological polar surface area (TPSA) is 247 Å². The number of aliphatic imine (C=N–C) groups is 3. The normalized spacial score (nSPS) is 28.1. The van der Waals surface area contributed by atoms with Crippen molar-refractivity contribution in [1.82, 2.24) is 0 Å². The van der Waals surface area contributed by atoms with Crippen LogP contribution < -0.4 is 24.4 Å². The average Bonchev–Trinajstić information content (AvgIpc) is 3.81. The van der Waals surface area contributed by atoms with E-state index >= 15 is 0 Å². The van der Waals surface area contributed by atoms with E-state index in [0.29, 0.717) is 43.0 Å². The number of nitrogens with two attached hydrogens (primary N) is 1. The Morgan fingerprint density at radius 1 is 1.06 bits per heavy atom. The van der Waals surface area contributed by atoms with Gasteiger partial charge in [-0.3, -0.25) is 10.4 Å². The van der Waals surface area contributed by atoms with Gasteiger partial charge in [-0.1, -0.05) is 18.6 Å². The molecule has 0 radical (unpaired) electrons. The van der Waals surface area contributed by atoms with E-state index in [0.717, 1.165) is 25.0 Å². The second-order valence-electron chi connectivity index (χ2n) is 13.5. The minimum Gasteiger partial charge on any atom is -0.507 e. The Morgan fingerprint density at radius 2 is 1.83 bits per heavy atom. The summed E-state index contributed by atoms with van der Waals surface area (Å²) in [4.78, 5) is 24.5. The van der Waals surface area contributed by atoms with Gasteiger partial charge in [0, 0.05) is 36.8 Å². The number of allylic oxidation sites excluding steroid dienone is 1. The summed E-state index contributed by atoms with van der Waals surface area (Å²) in [5.41, 5.74) is -0.806. The zero-order chi connectivity index (χ0) is 37.3. The highest BCUT2D eigenvalue weighted by Gasteiger charge is 2.59. The van der Waals surface area contributed by atoms with Crippen LogP contribution in [0.1, 0.15) is 62.2 Å². The molecule has 2 aromatic rings. The van der Waals surface area contributed by atoms with Gasteiger partial charge in [0.15, 0.2) is 23.3 Å². The van der Waals surface area contributed by atoms with E-state index in [1.165, 1.54) is 18.5 Å². The highest BCUT2D eigenvalue weighted by molar-refractivity contribution is 6.13. The molecule has 16 heteroatoms. The van der Waals surface area contributed by atoms with E-state index < -0.39 is 54.4 Å². The molecule has 1 unspecified atom stereocenters. The van der Waals surface area contributed by atoms with Crippen LogP contribution in [0.5, 0.6) is 28.7 Å². The minimum absolute atomic E-state index is 0.0170. The second kappa shape index (κ2) is 15.0. The fourth-order valence-electron chi connectivity index (χ4n) is 7.01. The predicted octanol–water partition coefficient (Wildman–Crippen LogP) is 1.59. The van der Waals surface area contributed by atoms with Crippen LogP contribution >= 0.6 is 0 Å². The molecule has 0 aromatic heterocycles. The molecule has 0 amide bonds. The number of carboxylic acid groups (broad SMARTS) is 1. The maximum absolute atomic E-state index is 12.4. The van der Waals surface area contributed by atoms with Crippen molar-refractivity contribution >= 4 is 35.3 Å². The number of phenolic OH excluding ortho intramolecular Hbond substituents is 1. The van der Waals surface area contributed by atoms with Crippen molar-refractivity contribution in [3.63, 3.8) is 0 Å². The number of rotatable bonds is 12. The van der Waals surface area contributed by atoms with Gasteiger partial charge in [0.2, 0.25) is 12.0 Å². The van der Waals surface area contributed by atoms with Crippen molar-refractivity contribution < 1.29 is 64.5 Å². The quantitative estimate of drug-likeness (QED) is 0.164. The average molecular weight is 734 g/mol. The molecule has 2 fully saturated rings. The number of fused-ring (bicyclic) bond motifs is 1. The number of hydrogen-bond donors (Lipinski definition) is 7. The number of hydrogen-bond acceptors (Lipinski definition) is 13. The van der Waals surface area contributed by atoms with Crippen molar-refractivity contribution in [2.24, 2.45) is 15.0 Å². The molecule has 0 bridgehead atoms. The number of aromatic hydroxyl groups is 1. The van der Waals surface area contributed by atoms with Gasteiger partial charge in [0.25, 0.3) is 0 Å². The lowest BCUT2D eigenvalue weighted by Crippen LogP contribution is -2.69. The summed E-state index contributed by atoms with van der Waals surface area (Å²) in [6.07, 6.45) is 1.41. The molecular formula is C37H41N4O12+. The molecule has 4 heterocycles. The van der Waals surface area contributed by atoms with Crippen LogP contribution in [0.3, 0.4) is 0 Å². The first-order valence-corrected chi connectivity index (χ1v) is 17.4. The van der Waals surface area contributed by atoms with Gasteiger partial charge in [-0.15, -0.1) is 0 Å². The SMILES string of the molecule is [NH2+]=C1C=CC(CCOc2ccc(C3C=C(O)c4c(cc(O[C@@H]5O[C@H](C(=O)O)[C@](O)(CC6=NC=NC6)[C@@H](O)[C@H]5O)c(OC5CCCCC5)c4O)O3)cc2)=N1. The lowest BCUT2D eigenvalue weighted by atomic mass is 9.80. The number of nitrogens with zero attached hydrogens (tertiary/aromatic N) is 3. The third-order valence-corrected chi connectivity index (χ3v) is 9.78. The molecule has 16 nitrogen and oxygen atoms in total. The summed E-state index contributed by atoms with van der Waals surface area (Å²) in [5, 5.41) is 72.2. The van der Waals surface area contributed by atoms with Gasteiger partial charge in [0.05, 0.1) is 19.3 Å². The standard InChI is InChI=1S/C37H40N4O12/c38-28-11-8-20(41-28)12-13-49-22-9-6-19(7-10-22)25-14-24(42)29-26(51-25)15-27(32(30(29)43)50-23-4-2-1-3-5-23)52-36-31(44)33(45)37(48,34(53-36)35(46)47)16-21-17-39-18-40-21/h6-11,14-15,18,23,25,31,33-34,36,38,42-45,48H,1-5,12-13,16-17H2,(H,46,47)/p+1/t25?,31-,33+,34-,36-,37+/m1/s1. The zero-order valence-corrected chi connectivity index (χ0v) is 28.6. The summed E-state index contributed by atoms with van der Waals surface area (Å²) in [5.74, 6) is -1.82. The lowest BCUT2D eigenvalue weighted by Gasteiger charge is -2.46. The Kier molecular flexibility index (Phi) is 10.2. The molecule has 53 heavy (non-hydrogen) atoms. The predicted molar refractivity (Wildman–Crippen MR) is 189 cm³/mol. The molecule has 280 valence electrons. The van der Waals surface area contributed by atoms with E-state index in [2.05, 4.69) is 15.0 Å². The van der Waals surface area contributed by atoms with Crippen molar-refractivity contribution in [2.75, 3.05) is 13.2 Å². The maximum Gasteiger partial charge on any atom is 0.336 e. The Morgan fingerprint density at radius 3 is 2.51 bits per heavy atom. The molecule has 1 aliphatic carbocycles. The number of ether oxygens (including phenoxy) is 5. The number of benzene rings is 2. The van der Waals surface area contributed by atoms with Gasteiger partial charge in [-0.2, -0.15) is 0 Å². The molecule has 5 aliphatic rings. The van der Waals surface area contributed by atoms with Crippen molar-refractivity contribution in [3.05, 3.63) is 59.7 Å². The summed E-state index contributed by atoms with van der Waals surface area (Å²) < 4.78 is 29.9. The van der Waals surface area contributed by atoms with Crippen LogP contribution in [-0.2, 0) is 9.53 Å². The van der Waals surface area contributed by atoms with Crippen LogP contribution in [0.25, 0.3) is 5.76 Å². The Bertz CT molecular complexity index is 1900. The molecule has 6 atom stereocenters. The first kappa shape index (κ1) is 36.1. The summed E-state index contributed by atoms with van der Waals surface area (Å²) in [6.45, 7) is 0.460. The number of carboxylic acids is 1. The van der Waals surface area contributed by atoms with Gasteiger partial charge in [-0.05, 0) is 54.4 Å². The molecule has 0 spiro atoms. The highest BCUT2D eigenvalue weighted by atomic mass is 16.7. The largest absolute Gasteiger partial charge is 0.507 e. The molecular weight excluding hydrogens is 692 g/mol. The number of aliphatic hydroxyl groups is 4. The number of aliphatic hydroxyl groups excluding tert-OH is 3. The number of amidine groups is 1. The smallest absolute Gasteiger partial charge is 0.336 e. The summed E-state index contributed by atoms with van der Waals surface area (Å²) in [6, 6.07) is 8.34. The van der Waals surface area contributed by atoms with Crippen LogP contribution in [0.2, 0.25) is 0 Å². The first-order chi connectivity index (χ1) is 25.5. The fraction of sp³-hybridized carbons (Fsp3) is 0.432. The number of carbonyl (C=O) groups is 1. The summed E-state index contributed by atoms with van der Waals surface area (Å²) >= 11 is 0. The van der Waals surface area contributed by atoms with Crippen LogP contribution in [0, 0.1) is 0 Å². The van der Waals surface area contributed by atoms with Crippen LogP contribution in [-0.4, -0.2) is 110 Å². The van der Waals surface area contributed by atoms with Crippen molar-refractivity contribution in [3.8, 4) is 28.7 Å². The molecule has 4 aliphatic heterocycles. The second-order valence-corrected chi connectivity index (χ2v) is 13.5. The van der Waals surface area contributed by atoms with Crippen LogP contribution in [0.15, 0.2) is 63.5 Å². The van der Waals surface area contributed by atoms with Gasteiger partial charge in [-0.25, -0.2) is 9.79 Å². The Balaban J connectivity index is 1.14. The Hall–Kier alpha value is -5.29.